The Morgan fingerprint density at radius 2 is 0.878 bits per heavy atom. The quantitative estimate of drug-likeness (QED) is 0.175. The van der Waals surface area contributed by atoms with Gasteiger partial charge in [0.2, 0.25) is 0 Å². The van der Waals surface area contributed by atoms with E-state index in [4.69, 9.17) is 10.2 Å². The maximum Gasteiger partial charge on any atom is 0.158 e. The average Bonchev–Trinajstić information content (AvgIpc) is 3.56. The molecule has 0 spiro atoms. The summed E-state index contributed by atoms with van der Waals surface area (Å²) >= 11 is 0. The van der Waals surface area contributed by atoms with Crippen LogP contribution in [0.25, 0.3) is 10.9 Å². The number of benzene rings is 5. The van der Waals surface area contributed by atoms with Crippen LogP contribution in [0.4, 0.5) is 0 Å². The molecule has 200 valence electrons. The lowest BCUT2D eigenvalue weighted by Gasteiger charge is -2.41. The fraction of sp³-hybridized carbons (Fsp3) is 0.135. The van der Waals surface area contributed by atoms with Crippen LogP contribution in [0.15, 0.2) is 162 Å². The van der Waals surface area contributed by atoms with Gasteiger partial charge in [0.05, 0.1) is 0 Å². The minimum atomic E-state index is -0.892. The van der Waals surface area contributed by atoms with Gasteiger partial charge >= 0.3 is 0 Å². The molecule has 3 unspecified atom stereocenters. The summed E-state index contributed by atoms with van der Waals surface area (Å²) in [5.74, 6) is 0. The van der Waals surface area contributed by atoms with E-state index < -0.39 is 25.8 Å². The summed E-state index contributed by atoms with van der Waals surface area (Å²) < 4.78 is 0. The summed E-state index contributed by atoms with van der Waals surface area (Å²) in [6.07, 6.45) is 2.26. The van der Waals surface area contributed by atoms with Gasteiger partial charge in [0.1, 0.15) is 0 Å². The molecule has 0 radical (unpaired) electrons. The predicted molar refractivity (Wildman–Crippen MR) is 175 cm³/mol. The first kappa shape index (κ1) is 26.2. The summed E-state index contributed by atoms with van der Waals surface area (Å²) in [4.78, 5) is 0. The molecule has 2 nitrogen and oxygen atoms in total. The molecule has 0 aromatic heterocycles. The van der Waals surface area contributed by atoms with Crippen LogP contribution in [0, 0.1) is 0 Å². The van der Waals surface area contributed by atoms with Crippen molar-refractivity contribution in [3.05, 3.63) is 179 Å². The van der Waals surface area contributed by atoms with E-state index in [9.17, 15) is 0 Å². The Balaban J connectivity index is 1.64. The topological polar surface area (TPSA) is 24.7 Å². The lowest BCUT2D eigenvalue weighted by molar-refractivity contribution is 0.720. The Morgan fingerprint density at radius 1 is 0.488 bits per heavy atom. The molecule has 4 heteroatoms. The first-order valence-electron chi connectivity index (χ1n) is 14.3. The minimum Gasteiger partial charge on any atom is -0.171 e. The fourth-order valence-corrected chi connectivity index (χ4v) is 17.8. The van der Waals surface area contributed by atoms with Gasteiger partial charge in [-0.3, -0.25) is 0 Å². The van der Waals surface area contributed by atoms with Gasteiger partial charge in [0.15, 0.2) is 10.6 Å². The summed E-state index contributed by atoms with van der Waals surface area (Å²) in [5, 5.41) is 11.5. The molecule has 2 aliphatic heterocycles. The number of hydrogen-bond donors (Lipinski definition) is 0. The molecule has 7 rings (SSSR count). The van der Waals surface area contributed by atoms with Gasteiger partial charge in [-0.15, -0.1) is 0 Å². The van der Waals surface area contributed by atoms with Gasteiger partial charge < -0.3 is 0 Å². The maximum atomic E-state index is 5.58. The third kappa shape index (κ3) is 4.08. The van der Waals surface area contributed by atoms with E-state index in [-0.39, 0.29) is 0 Å². The van der Waals surface area contributed by atoms with Crippen molar-refractivity contribution in [1.29, 1.82) is 0 Å². The molecule has 2 heterocycles. The molecule has 2 aliphatic rings. The smallest absolute Gasteiger partial charge is 0.158 e. The lowest BCUT2D eigenvalue weighted by Crippen LogP contribution is -2.26. The molecule has 0 amide bonds. The molecule has 41 heavy (non-hydrogen) atoms. The highest BCUT2D eigenvalue weighted by atomic mass is 32.1. The first-order valence-corrected chi connectivity index (χ1v) is 17.9. The minimum absolute atomic E-state index is 0.550. The van der Waals surface area contributed by atoms with Crippen molar-refractivity contribution in [2.75, 3.05) is 6.16 Å². The highest BCUT2D eigenvalue weighted by molar-refractivity contribution is 8.36. The summed E-state index contributed by atoms with van der Waals surface area (Å²) in [7, 11) is -1.53. The largest absolute Gasteiger partial charge is 0.171 e. The zero-order valence-electron chi connectivity index (χ0n) is 23.1. The maximum absolute atomic E-state index is 5.58. The van der Waals surface area contributed by atoms with Crippen molar-refractivity contribution in [2.45, 2.75) is 23.9 Å². The monoisotopic (exact) mass is 566 g/mol. The molecular formula is C37H32N2P2. The molecule has 0 bridgehead atoms. The van der Waals surface area contributed by atoms with Crippen molar-refractivity contribution < 1.29 is 0 Å². The van der Waals surface area contributed by atoms with E-state index in [2.05, 4.69) is 159 Å². The summed E-state index contributed by atoms with van der Waals surface area (Å²) in [6, 6.07) is 55.1. The molecular weight excluding hydrogens is 534 g/mol. The van der Waals surface area contributed by atoms with Crippen LogP contribution in [0.1, 0.15) is 41.2 Å². The van der Waals surface area contributed by atoms with Gasteiger partial charge in [0.25, 0.3) is 0 Å². The number of fused-ring (bicyclic) bond motifs is 1. The zero-order chi connectivity index (χ0) is 27.7. The van der Waals surface area contributed by atoms with Crippen LogP contribution >= 0.6 is 15.2 Å². The second kappa shape index (κ2) is 10.9. The number of hydrogen-bond acceptors (Lipinski definition) is 2. The van der Waals surface area contributed by atoms with E-state index in [1.807, 2.05) is 0 Å². The summed E-state index contributed by atoms with van der Waals surface area (Å²) in [6.45, 7) is 2.34. The van der Waals surface area contributed by atoms with Crippen LogP contribution in [0.3, 0.4) is 0 Å². The fourth-order valence-electron chi connectivity index (χ4n) is 6.48. The lowest BCUT2D eigenvalue weighted by atomic mass is 9.90. The predicted octanol–water partition coefficient (Wildman–Crippen LogP) is 11.1. The molecule has 0 N–H and O–H groups in total. The second-order valence-electron chi connectivity index (χ2n) is 10.5. The Bertz CT molecular complexity index is 1650. The molecule has 5 aromatic rings. The van der Waals surface area contributed by atoms with Crippen LogP contribution < -0.4 is 0 Å². The Hall–Kier alpha value is -3.70. The second-order valence-corrected chi connectivity index (χ2v) is 16.8. The van der Waals surface area contributed by atoms with Gasteiger partial charge in [-0.25, -0.2) is 0 Å². The van der Waals surface area contributed by atoms with Crippen molar-refractivity contribution in [1.82, 2.24) is 0 Å². The van der Waals surface area contributed by atoms with E-state index >= 15 is 0 Å². The molecule has 0 saturated carbocycles. The van der Waals surface area contributed by atoms with Crippen molar-refractivity contribution >= 4 is 26.1 Å². The highest BCUT2D eigenvalue weighted by Crippen LogP contribution is 2.99. The molecule has 0 aliphatic carbocycles. The Morgan fingerprint density at radius 3 is 1.34 bits per heavy atom. The van der Waals surface area contributed by atoms with Crippen LogP contribution in [0.2, 0.25) is 0 Å². The Kier molecular flexibility index (Phi) is 7.00. The van der Waals surface area contributed by atoms with Crippen molar-refractivity contribution in [3.63, 3.8) is 0 Å². The van der Waals surface area contributed by atoms with Crippen molar-refractivity contribution in [2.24, 2.45) is 10.2 Å². The average molecular weight is 567 g/mol. The third-order valence-electron chi connectivity index (χ3n) is 8.11. The SMILES string of the molecule is CCCP1C(c2ccccc2)=C(c2ccccc2)C2(c3ccccc3)N=NC(c3ccccc3)(c3ccccc3)P12. The van der Waals surface area contributed by atoms with Crippen molar-refractivity contribution in [3.8, 4) is 0 Å². The van der Waals surface area contributed by atoms with E-state index in [0.717, 1.165) is 12.6 Å². The zero-order valence-corrected chi connectivity index (χ0v) is 24.9. The molecule has 3 atom stereocenters. The Labute approximate surface area is 245 Å². The van der Waals surface area contributed by atoms with Crippen LogP contribution in [-0.2, 0) is 10.6 Å². The summed E-state index contributed by atoms with van der Waals surface area (Å²) in [5.41, 5.74) is 7.65. The standard InChI is InChI=1S/C37H32N2P2/c1-2-28-40-35(30-20-10-4-11-21-30)34(29-18-8-3-9-19-29)37(33-26-16-7-17-27-33)39-38-36(41(37)40,31-22-12-5-13-23-31)32-24-14-6-15-25-32/h3-27H,2,28H2,1H3. The van der Waals surface area contributed by atoms with Gasteiger partial charge in [-0.05, 0) is 46.9 Å². The highest BCUT2D eigenvalue weighted by Gasteiger charge is 2.67. The normalized spacial score (nSPS) is 22.6. The van der Waals surface area contributed by atoms with E-state index in [0.29, 0.717) is 0 Å². The third-order valence-corrected chi connectivity index (χ3v) is 17.3. The number of nitrogens with zero attached hydrogens (tertiary/aromatic N) is 2. The number of azo groups is 1. The van der Waals surface area contributed by atoms with Gasteiger partial charge in [-0.2, -0.15) is 10.2 Å². The van der Waals surface area contributed by atoms with Crippen LogP contribution in [0.5, 0.6) is 0 Å². The number of rotatable bonds is 7. The van der Waals surface area contributed by atoms with E-state index in [1.165, 1.54) is 38.7 Å². The molecule has 0 fully saturated rings. The van der Waals surface area contributed by atoms with E-state index in [1.54, 1.807) is 0 Å². The van der Waals surface area contributed by atoms with Gasteiger partial charge in [0, 0.05) is 13.2 Å². The first-order chi connectivity index (χ1) is 20.3. The molecule has 0 saturated heterocycles. The molecule has 5 aromatic carbocycles. The van der Waals surface area contributed by atoms with Gasteiger partial charge in [-0.1, -0.05) is 165 Å². The van der Waals surface area contributed by atoms with Crippen LogP contribution in [-0.4, -0.2) is 6.16 Å².